The number of hydrogen-bond donors (Lipinski definition) is 2. The van der Waals surface area contributed by atoms with Crippen molar-refractivity contribution in [3.63, 3.8) is 0 Å². The molecule has 31 heavy (non-hydrogen) atoms. The second-order valence-corrected chi connectivity index (χ2v) is 6.16. The van der Waals surface area contributed by atoms with E-state index in [-0.39, 0.29) is 0 Å². The quantitative estimate of drug-likeness (QED) is 0.380. The highest BCUT2D eigenvalue weighted by Crippen LogP contribution is 2.35. The van der Waals surface area contributed by atoms with Crippen LogP contribution in [0.4, 0.5) is 11.6 Å². The van der Waals surface area contributed by atoms with E-state index >= 15 is 0 Å². The van der Waals surface area contributed by atoms with E-state index in [2.05, 4.69) is 46.8 Å². The van der Waals surface area contributed by atoms with Gasteiger partial charge in [-0.1, -0.05) is 45.9 Å². The van der Waals surface area contributed by atoms with Gasteiger partial charge in [0, 0.05) is 36.7 Å². The highest BCUT2D eigenvalue weighted by molar-refractivity contribution is 5.91. The summed E-state index contributed by atoms with van der Waals surface area (Å²) in [7, 11) is 0. The topological polar surface area (TPSA) is 67.1 Å². The monoisotopic (exact) mass is 418 g/mol. The molecular formula is C25H34N6. The van der Waals surface area contributed by atoms with Crippen LogP contribution in [0, 0.1) is 0 Å². The molecule has 0 aliphatic rings. The first kappa shape index (κ1) is 23.9. The van der Waals surface area contributed by atoms with Gasteiger partial charge in [-0.2, -0.15) is 5.10 Å². The maximum absolute atomic E-state index is 4.84. The molecule has 0 fully saturated rings. The Balaban J connectivity index is 0.000000807. The fourth-order valence-corrected chi connectivity index (χ4v) is 3.18. The van der Waals surface area contributed by atoms with E-state index in [4.69, 9.17) is 10.1 Å². The number of fused-ring (bicyclic) bond motifs is 1. The Kier molecular flexibility index (Phi) is 9.49. The minimum atomic E-state index is 0.623. The predicted molar refractivity (Wildman–Crippen MR) is 133 cm³/mol. The second kappa shape index (κ2) is 12.3. The summed E-state index contributed by atoms with van der Waals surface area (Å²) in [5.41, 5.74) is 5.91. The number of pyridine rings is 1. The van der Waals surface area contributed by atoms with E-state index in [1.165, 1.54) is 0 Å². The third-order valence-electron chi connectivity index (χ3n) is 4.30. The van der Waals surface area contributed by atoms with Crippen LogP contribution in [0.15, 0.2) is 60.9 Å². The summed E-state index contributed by atoms with van der Waals surface area (Å²) in [5, 5.41) is 11.4. The largest absolute Gasteiger partial charge is 0.385 e. The summed E-state index contributed by atoms with van der Waals surface area (Å²) in [6.07, 6.45) is 3.74. The van der Waals surface area contributed by atoms with Crippen LogP contribution in [0.25, 0.3) is 28.0 Å². The summed E-state index contributed by atoms with van der Waals surface area (Å²) in [6.45, 7) is 13.8. The Hall–Kier alpha value is -3.41. The fourth-order valence-electron chi connectivity index (χ4n) is 3.18. The molecule has 0 aliphatic heterocycles. The van der Waals surface area contributed by atoms with Crippen molar-refractivity contribution in [2.75, 3.05) is 23.7 Å². The van der Waals surface area contributed by atoms with Crippen LogP contribution >= 0.6 is 0 Å². The maximum Gasteiger partial charge on any atom is 0.223 e. The molecule has 6 heteroatoms. The van der Waals surface area contributed by atoms with Gasteiger partial charge >= 0.3 is 0 Å². The average molecular weight is 419 g/mol. The van der Waals surface area contributed by atoms with E-state index in [1.807, 2.05) is 69.6 Å². The Morgan fingerprint density at radius 2 is 1.65 bits per heavy atom. The van der Waals surface area contributed by atoms with Gasteiger partial charge in [0.05, 0.1) is 16.8 Å². The number of anilines is 2. The minimum absolute atomic E-state index is 0.623. The van der Waals surface area contributed by atoms with Gasteiger partial charge in [-0.15, -0.1) is 0 Å². The number of aromatic nitrogens is 4. The number of nitrogens with one attached hydrogen (secondary N) is 2. The molecule has 0 unspecified atom stereocenters. The summed E-state index contributed by atoms with van der Waals surface area (Å²) < 4.78 is 1.90. The first-order valence-corrected chi connectivity index (χ1v) is 11.2. The molecule has 4 aromatic rings. The zero-order valence-corrected chi connectivity index (χ0v) is 19.5. The SMILES string of the molecule is CC.CC.CCNc1cccc(-c2nn3ccccc3c2-c2ccnc(NCC)n2)c1. The number of rotatable bonds is 6. The maximum atomic E-state index is 4.84. The van der Waals surface area contributed by atoms with Crippen LogP contribution in [-0.4, -0.2) is 32.7 Å². The molecule has 0 radical (unpaired) electrons. The van der Waals surface area contributed by atoms with Crippen LogP contribution in [0.3, 0.4) is 0 Å². The summed E-state index contributed by atoms with van der Waals surface area (Å²) in [5.74, 6) is 0.623. The first-order chi connectivity index (χ1) is 15.3. The summed E-state index contributed by atoms with van der Waals surface area (Å²) in [6, 6.07) is 16.3. The van der Waals surface area contributed by atoms with Crippen molar-refractivity contribution in [3.05, 3.63) is 60.9 Å². The zero-order chi connectivity index (χ0) is 22.6. The zero-order valence-electron chi connectivity index (χ0n) is 19.5. The lowest BCUT2D eigenvalue weighted by Gasteiger charge is -2.08. The van der Waals surface area contributed by atoms with Gasteiger partial charge in [-0.05, 0) is 44.2 Å². The van der Waals surface area contributed by atoms with Gasteiger partial charge in [-0.25, -0.2) is 14.5 Å². The second-order valence-electron chi connectivity index (χ2n) is 6.16. The van der Waals surface area contributed by atoms with Gasteiger partial charge in [0.1, 0.15) is 5.69 Å². The van der Waals surface area contributed by atoms with Crippen LogP contribution < -0.4 is 10.6 Å². The third-order valence-corrected chi connectivity index (χ3v) is 4.30. The van der Waals surface area contributed by atoms with Gasteiger partial charge in [0.2, 0.25) is 5.95 Å². The summed E-state index contributed by atoms with van der Waals surface area (Å²) in [4.78, 5) is 9.01. The molecule has 1 aromatic carbocycles. The predicted octanol–water partition coefficient (Wildman–Crippen LogP) is 6.37. The highest BCUT2D eigenvalue weighted by Gasteiger charge is 2.18. The summed E-state index contributed by atoms with van der Waals surface area (Å²) >= 11 is 0. The number of nitrogens with zero attached hydrogens (tertiary/aromatic N) is 4. The lowest BCUT2D eigenvalue weighted by Crippen LogP contribution is -2.02. The molecule has 3 aromatic heterocycles. The van der Waals surface area contributed by atoms with Gasteiger partial charge < -0.3 is 10.6 Å². The van der Waals surface area contributed by atoms with E-state index in [1.54, 1.807) is 6.20 Å². The van der Waals surface area contributed by atoms with Crippen molar-refractivity contribution in [1.82, 2.24) is 19.6 Å². The molecular weight excluding hydrogens is 384 g/mol. The smallest absolute Gasteiger partial charge is 0.223 e. The molecule has 0 amide bonds. The van der Waals surface area contributed by atoms with Gasteiger partial charge in [-0.3, -0.25) is 0 Å². The van der Waals surface area contributed by atoms with Crippen LogP contribution in [-0.2, 0) is 0 Å². The number of hydrogen-bond acceptors (Lipinski definition) is 5. The van der Waals surface area contributed by atoms with Crippen LogP contribution in [0.1, 0.15) is 41.5 Å². The molecule has 0 atom stereocenters. The van der Waals surface area contributed by atoms with Gasteiger partial charge in [0.15, 0.2) is 0 Å². The van der Waals surface area contributed by atoms with Crippen molar-refractivity contribution in [3.8, 4) is 22.5 Å². The fraction of sp³-hybridized carbons (Fsp3) is 0.320. The lowest BCUT2D eigenvalue weighted by molar-refractivity contribution is 0.966. The molecule has 3 heterocycles. The van der Waals surface area contributed by atoms with Crippen molar-refractivity contribution < 1.29 is 0 Å². The Morgan fingerprint density at radius 1 is 0.871 bits per heavy atom. The molecule has 164 valence electrons. The van der Waals surface area contributed by atoms with Crippen molar-refractivity contribution in [2.24, 2.45) is 0 Å². The first-order valence-electron chi connectivity index (χ1n) is 11.2. The molecule has 0 saturated heterocycles. The third kappa shape index (κ3) is 5.60. The van der Waals surface area contributed by atoms with Crippen LogP contribution in [0.5, 0.6) is 0 Å². The molecule has 4 rings (SSSR count). The standard InChI is InChI=1S/C21H22N6.2C2H6/c1-3-22-16-9-7-8-15(14-16)20-19(18-10-5-6-13-27(18)26-20)17-11-12-24-21(25-17)23-4-2;2*1-2/h5-14,22H,3-4H2,1-2H3,(H,23,24,25);2*1-2H3. The molecule has 0 spiro atoms. The normalized spacial score (nSPS) is 9.87. The average Bonchev–Trinajstić information content (AvgIpc) is 3.22. The minimum Gasteiger partial charge on any atom is -0.385 e. The van der Waals surface area contributed by atoms with E-state index in [9.17, 15) is 0 Å². The number of benzene rings is 1. The Morgan fingerprint density at radius 3 is 2.39 bits per heavy atom. The molecule has 0 saturated carbocycles. The Bertz CT molecular complexity index is 1070. The van der Waals surface area contributed by atoms with E-state index in [0.717, 1.165) is 46.8 Å². The van der Waals surface area contributed by atoms with Crippen molar-refractivity contribution in [2.45, 2.75) is 41.5 Å². The van der Waals surface area contributed by atoms with Gasteiger partial charge in [0.25, 0.3) is 0 Å². The lowest BCUT2D eigenvalue weighted by atomic mass is 10.0. The van der Waals surface area contributed by atoms with Crippen LogP contribution in [0.2, 0.25) is 0 Å². The molecule has 6 nitrogen and oxygen atoms in total. The van der Waals surface area contributed by atoms with Crippen molar-refractivity contribution in [1.29, 1.82) is 0 Å². The molecule has 0 aliphatic carbocycles. The Labute approximate surface area is 185 Å². The van der Waals surface area contributed by atoms with E-state index in [0.29, 0.717) is 5.95 Å². The molecule has 2 N–H and O–H groups in total. The highest BCUT2D eigenvalue weighted by atomic mass is 15.2. The van der Waals surface area contributed by atoms with E-state index < -0.39 is 0 Å². The van der Waals surface area contributed by atoms with Crippen molar-refractivity contribution >= 4 is 17.2 Å². The molecule has 0 bridgehead atoms.